The highest BCUT2D eigenvalue weighted by Gasteiger charge is 2.23. The maximum atomic E-state index is 8.99. The number of rotatable bonds is 6. The normalized spacial score (nSPS) is 23.5. The molecule has 1 aromatic carbocycles. The van der Waals surface area contributed by atoms with Gasteiger partial charge in [0.25, 0.3) is 0 Å². The zero-order valence-corrected chi connectivity index (χ0v) is 11.6. The number of hydrogen-bond donors (Lipinski definition) is 2. The molecule has 1 saturated carbocycles. The van der Waals surface area contributed by atoms with Gasteiger partial charge in [0.15, 0.2) is 0 Å². The fourth-order valence-corrected chi connectivity index (χ4v) is 2.88. The van der Waals surface area contributed by atoms with E-state index in [1.54, 1.807) is 0 Å². The first-order valence-corrected chi connectivity index (χ1v) is 7.30. The predicted octanol–water partition coefficient (Wildman–Crippen LogP) is 2.46. The van der Waals surface area contributed by atoms with E-state index in [-0.39, 0.29) is 6.61 Å². The van der Waals surface area contributed by atoms with Crippen molar-refractivity contribution < 1.29 is 9.84 Å². The second-order valence-corrected chi connectivity index (χ2v) is 5.53. The molecule has 1 aliphatic rings. The van der Waals surface area contributed by atoms with Crippen LogP contribution in [0.1, 0.15) is 36.8 Å². The van der Waals surface area contributed by atoms with E-state index in [4.69, 9.17) is 15.6 Å². The van der Waals surface area contributed by atoms with Crippen LogP contribution in [0.4, 0.5) is 0 Å². The molecule has 0 amide bonds. The van der Waals surface area contributed by atoms with Crippen molar-refractivity contribution in [2.45, 2.75) is 38.9 Å². The van der Waals surface area contributed by atoms with Crippen LogP contribution in [0, 0.1) is 11.8 Å². The maximum absolute atomic E-state index is 8.99. The SMILES string of the molecule is NCC1CCCCC1COCc1ccc(CO)cc1. The zero-order chi connectivity index (χ0) is 13.5. The molecule has 106 valence electrons. The van der Waals surface area contributed by atoms with Crippen molar-refractivity contribution in [3.05, 3.63) is 35.4 Å². The number of aliphatic hydroxyl groups excluding tert-OH is 1. The smallest absolute Gasteiger partial charge is 0.0717 e. The van der Waals surface area contributed by atoms with Gasteiger partial charge in [-0.1, -0.05) is 37.1 Å². The van der Waals surface area contributed by atoms with Gasteiger partial charge in [0.1, 0.15) is 0 Å². The molecular weight excluding hydrogens is 238 g/mol. The summed E-state index contributed by atoms with van der Waals surface area (Å²) in [4.78, 5) is 0. The molecule has 3 N–H and O–H groups in total. The summed E-state index contributed by atoms with van der Waals surface area (Å²) < 4.78 is 5.85. The van der Waals surface area contributed by atoms with Gasteiger partial charge < -0.3 is 15.6 Å². The molecule has 2 unspecified atom stereocenters. The number of hydrogen-bond acceptors (Lipinski definition) is 3. The predicted molar refractivity (Wildman–Crippen MR) is 76.5 cm³/mol. The van der Waals surface area contributed by atoms with Crippen LogP contribution >= 0.6 is 0 Å². The lowest BCUT2D eigenvalue weighted by atomic mass is 9.80. The van der Waals surface area contributed by atoms with Crippen molar-refractivity contribution >= 4 is 0 Å². The third-order valence-electron chi connectivity index (χ3n) is 4.18. The number of aliphatic hydroxyl groups is 1. The van der Waals surface area contributed by atoms with Gasteiger partial charge >= 0.3 is 0 Å². The molecular formula is C16H25NO2. The Morgan fingerprint density at radius 2 is 1.68 bits per heavy atom. The molecule has 0 saturated heterocycles. The molecule has 1 aromatic rings. The summed E-state index contributed by atoms with van der Waals surface area (Å²) in [5, 5.41) is 8.99. The van der Waals surface area contributed by atoms with E-state index in [0.29, 0.717) is 18.4 Å². The van der Waals surface area contributed by atoms with Crippen LogP contribution in [0.15, 0.2) is 24.3 Å². The van der Waals surface area contributed by atoms with E-state index in [0.717, 1.165) is 24.3 Å². The van der Waals surface area contributed by atoms with Crippen LogP contribution in [0.2, 0.25) is 0 Å². The molecule has 3 heteroatoms. The minimum Gasteiger partial charge on any atom is -0.392 e. The highest BCUT2D eigenvalue weighted by molar-refractivity contribution is 5.21. The van der Waals surface area contributed by atoms with E-state index in [2.05, 4.69) is 0 Å². The van der Waals surface area contributed by atoms with Gasteiger partial charge in [-0.05, 0) is 42.3 Å². The highest BCUT2D eigenvalue weighted by Crippen LogP contribution is 2.29. The summed E-state index contributed by atoms with van der Waals surface area (Å²) in [6, 6.07) is 7.93. The van der Waals surface area contributed by atoms with Crippen molar-refractivity contribution in [1.29, 1.82) is 0 Å². The van der Waals surface area contributed by atoms with E-state index in [9.17, 15) is 0 Å². The van der Waals surface area contributed by atoms with Gasteiger partial charge in [-0.25, -0.2) is 0 Å². The lowest BCUT2D eigenvalue weighted by Gasteiger charge is -2.30. The van der Waals surface area contributed by atoms with Gasteiger partial charge in [-0.15, -0.1) is 0 Å². The van der Waals surface area contributed by atoms with Crippen LogP contribution in [-0.4, -0.2) is 18.3 Å². The maximum Gasteiger partial charge on any atom is 0.0717 e. The van der Waals surface area contributed by atoms with Crippen LogP contribution in [-0.2, 0) is 18.0 Å². The van der Waals surface area contributed by atoms with Gasteiger partial charge in [0.2, 0.25) is 0 Å². The molecule has 2 atom stereocenters. The minimum absolute atomic E-state index is 0.0986. The lowest BCUT2D eigenvalue weighted by Crippen LogP contribution is -2.29. The standard InChI is InChI=1S/C16H25NO2/c17-9-15-3-1-2-4-16(15)12-19-11-14-7-5-13(10-18)6-8-14/h5-8,15-16,18H,1-4,9-12,17H2. The average molecular weight is 263 g/mol. The molecule has 1 aliphatic carbocycles. The van der Waals surface area contributed by atoms with Gasteiger partial charge in [0.05, 0.1) is 19.8 Å². The van der Waals surface area contributed by atoms with Crippen LogP contribution in [0.3, 0.4) is 0 Å². The largest absolute Gasteiger partial charge is 0.392 e. The second kappa shape index (κ2) is 7.63. The molecule has 3 nitrogen and oxygen atoms in total. The summed E-state index contributed by atoms with van der Waals surface area (Å²) in [5.74, 6) is 1.28. The Kier molecular flexibility index (Phi) is 5.83. The van der Waals surface area contributed by atoms with E-state index in [1.165, 1.54) is 25.7 Å². The van der Waals surface area contributed by atoms with Crippen molar-refractivity contribution in [1.82, 2.24) is 0 Å². The Morgan fingerprint density at radius 1 is 1.05 bits per heavy atom. The molecule has 0 radical (unpaired) electrons. The van der Waals surface area contributed by atoms with Gasteiger partial charge in [-0.2, -0.15) is 0 Å². The monoisotopic (exact) mass is 263 g/mol. The fourth-order valence-electron chi connectivity index (χ4n) is 2.88. The van der Waals surface area contributed by atoms with Crippen LogP contribution < -0.4 is 5.73 Å². The highest BCUT2D eigenvalue weighted by atomic mass is 16.5. The number of nitrogens with two attached hydrogens (primary N) is 1. The Hall–Kier alpha value is -0.900. The van der Waals surface area contributed by atoms with Crippen molar-refractivity contribution in [3.8, 4) is 0 Å². The Balaban J connectivity index is 1.75. The molecule has 0 heterocycles. The van der Waals surface area contributed by atoms with Gasteiger partial charge in [0, 0.05) is 0 Å². The summed E-state index contributed by atoms with van der Waals surface area (Å²) in [6.45, 7) is 2.36. The summed E-state index contributed by atoms with van der Waals surface area (Å²) in [6.07, 6.45) is 5.15. The molecule has 0 spiro atoms. The summed E-state index contributed by atoms with van der Waals surface area (Å²) in [7, 11) is 0. The molecule has 0 aliphatic heterocycles. The first kappa shape index (κ1) is 14.5. The lowest BCUT2D eigenvalue weighted by molar-refractivity contribution is 0.0512. The van der Waals surface area contributed by atoms with E-state index >= 15 is 0 Å². The summed E-state index contributed by atoms with van der Waals surface area (Å²) >= 11 is 0. The third-order valence-corrected chi connectivity index (χ3v) is 4.18. The fraction of sp³-hybridized carbons (Fsp3) is 0.625. The topological polar surface area (TPSA) is 55.5 Å². The first-order valence-electron chi connectivity index (χ1n) is 7.30. The van der Waals surface area contributed by atoms with Crippen LogP contribution in [0.5, 0.6) is 0 Å². The van der Waals surface area contributed by atoms with E-state index < -0.39 is 0 Å². The Bertz CT molecular complexity index is 364. The molecule has 0 aromatic heterocycles. The van der Waals surface area contributed by atoms with Crippen molar-refractivity contribution in [2.24, 2.45) is 17.6 Å². The first-order chi connectivity index (χ1) is 9.33. The minimum atomic E-state index is 0.0986. The second-order valence-electron chi connectivity index (χ2n) is 5.53. The summed E-state index contributed by atoms with van der Waals surface area (Å²) in [5.41, 5.74) is 7.94. The number of ether oxygens (including phenoxy) is 1. The van der Waals surface area contributed by atoms with Crippen molar-refractivity contribution in [2.75, 3.05) is 13.2 Å². The van der Waals surface area contributed by atoms with Gasteiger partial charge in [-0.3, -0.25) is 0 Å². The molecule has 19 heavy (non-hydrogen) atoms. The van der Waals surface area contributed by atoms with Crippen molar-refractivity contribution in [3.63, 3.8) is 0 Å². The average Bonchev–Trinajstić information content (AvgIpc) is 2.48. The Labute approximate surface area is 115 Å². The zero-order valence-electron chi connectivity index (χ0n) is 11.6. The van der Waals surface area contributed by atoms with Crippen LogP contribution in [0.25, 0.3) is 0 Å². The third kappa shape index (κ3) is 4.30. The Morgan fingerprint density at radius 3 is 2.32 bits per heavy atom. The van der Waals surface area contributed by atoms with E-state index in [1.807, 2.05) is 24.3 Å². The molecule has 1 fully saturated rings. The number of benzene rings is 1. The molecule has 0 bridgehead atoms. The molecule has 2 rings (SSSR count). The quantitative estimate of drug-likeness (QED) is 0.829.